The van der Waals surface area contributed by atoms with Gasteiger partial charge in [-0.05, 0) is 48.5 Å². The van der Waals surface area contributed by atoms with E-state index in [0.717, 1.165) is 10.2 Å². The van der Waals surface area contributed by atoms with Crippen LogP contribution in [0.1, 0.15) is 10.4 Å². The minimum absolute atomic E-state index is 0.0926. The van der Waals surface area contributed by atoms with Gasteiger partial charge in [-0.25, -0.2) is 0 Å². The van der Waals surface area contributed by atoms with E-state index in [-0.39, 0.29) is 12.5 Å². The lowest BCUT2D eigenvalue weighted by atomic mass is 10.2. The second kappa shape index (κ2) is 9.08. The highest BCUT2D eigenvalue weighted by atomic mass is 79.9. The topological polar surface area (TPSA) is 81.9 Å². The van der Waals surface area contributed by atoms with Gasteiger partial charge in [-0.15, -0.1) is 0 Å². The molecule has 0 aromatic heterocycles. The maximum Gasteiger partial charge on any atom is 0.260 e. The Hall–Kier alpha value is -2.54. The summed E-state index contributed by atoms with van der Waals surface area (Å²) in [5.74, 6) is 0.569. The number of hydrogen-bond donors (Lipinski definition) is 1. The van der Waals surface area contributed by atoms with Gasteiger partial charge in [0.25, 0.3) is 5.91 Å². The molecule has 0 aliphatic rings. The number of ether oxygens (including phenoxy) is 2. The Morgan fingerprint density at radius 2 is 1.56 bits per heavy atom. The summed E-state index contributed by atoms with van der Waals surface area (Å²) < 4.78 is 12.0. The number of amides is 2. The summed E-state index contributed by atoms with van der Waals surface area (Å²) in [6.45, 7) is 0.737. The van der Waals surface area contributed by atoms with Crippen molar-refractivity contribution in [1.82, 2.24) is 4.90 Å². The molecule has 0 heterocycles. The van der Waals surface area contributed by atoms with E-state index in [4.69, 9.17) is 15.2 Å². The van der Waals surface area contributed by atoms with Crippen molar-refractivity contribution in [3.63, 3.8) is 0 Å². The summed E-state index contributed by atoms with van der Waals surface area (Å²) in [5, 5.41) is 0. The van der Waals surface area contributed by atoms with E-state index in [1.54, 1.807) is 31.3 Å². The summed E-state index contributed by atoms with van der Waals surface area (Å²) in [5.41, 5.74) is 5.56. The quantitative estimate of drug-likeness (QED) is 0.729. The zero-order chi connectivity index (χ0) is 18.2. The van der Waals surface area contributed by atoms with Crippen LogP contribution in [0.25, 0.3) is 0 Å². The molecule has 0 fully saturated rings. The van der Waals surface area contributed by atoms with Gasteiger partial charge in [-0.1, -0.05) is 15.9 Å². The third-order valence-corrected chi connectivity index (χ3v) is 3.96. The van der Waals surface area contributed by atoms with Gasteiger partial charge < -0.3 is 20.1 Å². The number of halogens is 1. The van der Waals surface area contributed by atoms with Crippen LogP contribution in [0.15, 0.2) is 53.0 Å². The van der Waals surface area contributed by atoms with Crippen LogP contribution in [0.3, 0.4) is 0 Å². The maximum absolute atomic E-state index is 12.0. The number of hydrogen-bond acceptors (Lipinski definition) is 4. The third kappa shape index (κ3) is 6.11. The molecule has 2 aromatic rings. The largest absolute Gasteiger partial charge is 0.492 e. The van der Waals surface area contributed by atoms with Crippen LogP contribution in [0, 0.1) is 0 Å². The average molecular weight is 407 g/mol. The Labute approximate surface area is 154 Å². The van der Waals surface area contributed by atoms with Crippen molar-refractivity contribution in [1.29, 1.82) is 0 Å². The van der Waals surface area contributed by atoms with Gasteiger partial charge in [-0.3, -0.25) is 9.59 Å². The fourth-order valence-corrected chi connectivity index (χ4v) is 2.19. The number of carbonyl (C=O) groups excluding carboxylic acids is 2. The molecular formula is C18H19BrN2O4. The van der Waals surface area contributed by atoms with Crippen molar-refractivity contribution >= 4 is 27.7 Å². The van der Waals surface area contributed by atoms with Gasteiger partial charge in [0.05, 0.1) is 6.54 Å². The molecule has 2 amide bonds. The molecular weight excluding hydrogens is 388 g/mol. The van der Waals surface area contributed by atoms with Gasteiger partial charge in [0.1, 0.15) is 18.1 Å². The highest BCUT2D eigenvalue weighted by Crippen LogP contribution is 2.16. The number of nitrogens with two attached hydrogens (primary N) is 1. The fourth-order valence-electron chi connectivity index (χ4n) is 1.93. The zero-order valence-corrected chi connectivity index (χ0v) is 15.4. The molecule has 2 rings (SSSR count). The van der Waals surface area contributed by atoms with Crippen LogP contribution in [0.5, 0.6) is 11.5 Å². The number of benzene rings is 2. The Morgan fingerprint density at radius 3 is 2.16 bits per heavy atom. The van der Waals surface area contributed by atoms with E-state index in [2.05, 4.69) is 15.9 Å². The molecule has 0 bridgehead atoms. The Kier molecular flexibility index (Phi) is 6.82. The number of nitrogens with zero attached hydrogens (tertiary/aromatic N) is 1. The van der Waals surface area contributed by atoms with Crippen molar-refractivity contribution < 1.29 is 19.1 Å². The predicted octanol–water partition coefficient (Wildman–Crippen LogP) is 2.46. The molecule has 7 heteroatoms. The lowest BCUT2D eigenvalue weighted by Gasteiger charge is -2.18. The highest BCUT2D eigenvalue weighted by molar-refractivity contribution is 9.10. The number of carbonyl (C=O) groups is 2. The summed E-state index contributed by atoms with van der Waals surface area (Å²) >= 11 is 3.36. The first-order valence-corrected chi connectivity index (χ1v) is 8.40. The monoisotopic (exact) mass is 406 g/mol. The first-order valence-electron chi connectivity index (χ1n) is 7.60. The molecule has 2 aromatic carbocycles. The van der Waals surface area contributed by atoms with Gasteiger partial charge in [-0.2, -0.15) is 0 Å². The Bertz CT molecular complexity index is 717. The molecule has 0 radical (unpaired) electrons. The number of likely N-dealkylation sites (N-methyl/N-ethyl adjacent to an activating group) is 1. The molecule has 0 spiro atoms. The lowest BCUT2D eigenvalue weighted by Crippen LogP contribution is -2.34. The van der Waals surface area contributed by atoms with Crippen molar-refractivity contribution in [3.05, 3.63) is 58.6 Å². The number of primary amides is 1. The van der Waals surface area contributed by atoms with E-state index in [0.29, 0.717) is 24.5 Å². The third-order valence-electron chi connectivity index (χ3n) is 3.44. The van der Waals surface area contributed by atoms with Crippen LogP contribution < -0.4 is 15.2 Å². The summed E-state index contributed by atoms with van der Waals surface area (Å²) in [4.78, 5) is 24.6. The molecule has 0 unspecified atom stereocenters. The lowest BCUT2D eigenvalue weighted by molar-refractivity contribution is -0.132. The molecule has 2 N–H and O–H groups in total. The standard InChI is InChI=1S/C18H19BrN2O4/c1-21(10-11-24-15-8-4-14(19)5-9-15)17(22)12-25-16-6-2-13(3-7-16)18(20)23/h2-9H,10-12H2,1H3,(H2,20,23). The first kappa shape index (κ1) is 18.8. The highest BCUT2D eigenvalue weighted by Gasteiger charge is 2.10. The van der Waals surface area contributed by atoms with Gasteiger partial charge in [0, 0.05) is 17.1 Å². The van der Waals surface area contributed by atoms with Crippen LogP contribution >= 0.6 is 15.9 Å². The van der Waals surface area contributed by atoms with Crippen LogP contribution in [-0.2, 0) is 4.79 Å². The summed E-state index contributed by atoms with van der Waals surface area (Å²) in [6.07, 6.45) is 0. The van der Waals surface area contributed by atoms with Crippen LogP contribution in [0.2, 0.25) is 0 Å². The molecule has 0 aliphatic carbocycles. The smallest absolute Gasteiger partial charge is 0.260 e. The van der Waals surface area contributed by atoms with Gasteiger partial charge >= 0.3 is 0 Å². The summed E-state index contributed by atoms with van der Waals surface area (Å²) in [7, 11) is 1.69. The van der Waals surface area contributed by atoms with Crippen LogP contribution in [0.4, 0.5) is 0 Å². The normalized spacial score (nSPS) is 10.2. The van der Waals surface area contributed by atoms with E-state index in [1.807, 2.05) is 24.3 Å². The Morgan fingerprint density at radius 1 is 1.00 bits per heavy atom. The minimum atomic E-state index is -0.506. The molecule has 0 aliphatic heterocycles. The van der Waals surface area contributed by atoms with E-state index in [9.17, 15) is 9.59 Å². The second-order valence-corrected chi connectivity index (χ2v) is 6.21. The number of rotatable bonds is 8. The fraction of sp³-hybridized carbons (Fsp3) is 0.222. The van der Waals surface area contributed by atoms with E-state index < -0.39 is 5.91 Å². The Balaban J connectivity index is 1.72. The molecule has 0 atom stereocenters. The maximum atomic E-state index is 12.0. The minimum Gasteiger partial charge on any atom is -0.492 e. The molecule has 25 heavy (non-hydrogen) atoms. The van der Waals surface area contributed by atoms with E-state index in [1.165, 1.54) is 4.90 Å². The summed E-state index contributed by atoms with van der Waals surface area (Å²) in [6, 6.07) is 13.8. The first-order chi connectivity index (χ1) is 12.0. The van der Waals surface area contributed by atoms with E-state index >= 15 is 0 Å². The van der Waals surface area contributed by atoms with Crippen LogP contribution in [-0.4, -0.2) is 43.5 Å². The molecule has 0 saturated carbocycles. The van der Waals surface area contributed by atoms with Gasteiger partial charge in [0.15, 0.2) is 6.61 Å². The van der Waals surface area contributed by atoms with Crippen molar-refractivity contribution in [2.24, 2.45) is 5.73 Å². The van der Waals surface area contributed by atoms with Crippen molar-refractivity contribution in [2.75, 3.05) is 26.8 Å². The average Bonchev–Trinajstić information content (AvgIpc) is 2.61. The van der Waals surface area contributed by atoms with Gasteiger partial charge in [0.2, 0.25) is 5.91 Å². The molecule has 6 nitrogen and oxygen atoms in total. The molecule has 132 valence electrons. The van der Waals surface area contributed by atoms with Crippen molar-refractivity contribution in [2.45, 2.75) is 0 Å². The second-order valence-electron chi connectivity index (χ2n) is 5.29. The van der Waals surface area contributed by atoms with Crippen molar-refractivity contribution in [3.8, 4) is 11.5 Å². The molecule has 0 saturated heterocycles. The predicted molar refractivity (Wildman–Crippen MR) is 97.7 cm³/mol. The zero-order valence-electron chi connectivity index (χ0n) is 13.8. The SMILES string of the molecule is CN(CCOc1ccc(Br)cc1)C(=O)COc1ccc(C(N)=O)cc1.